The highest BCUT2D eigenvalue weighted by atomic mass is 32.1. The van der Waals surface area contributed by atoms with Crippen LogP contribution in [-0.4, -0.2) is 10.9 Å². The van der Waals surface area contributed by atoms with Gasteiger partial charge in [-0.15, -0.1) is 11.3 Å². The molecule has 1 fully saturated rings. The SMILES string of the molecule is Cc1cccc2c1NC(c1cnc(C3CCC3)s1)NC2=O. The van der Waals surface area contributed by atoms with Crippen molar-refractivity contribution in [2.75, 3.05) is 5.32 Å². The van der Waals surface area contributed by atoms with Crippen molar-refractivity contribution in [3.63, 3.8) is 0 Å². The quantitative estimate of drug-likeness (QED) is 0.891. The molecule has 5 heteroatoms. The Balaban J connectivity index is 1.64. The molecule has 2 heterocycles. The number of hydrogen-bond donors (Lipinski definition) is 2. The van der Waals surface area contributed by atoms with E-state index in [1.807, 2.05) is 31.3 Å². The average molecular weight is 299 g/mol. The fraction of sp³-hybridized carbons (Fsp3) is 0.375. The van der Waals surface area contributed by atoms with E-state index in [9.17, 15) is 4.79 Å². The van der Waals surface area contributed by atoms with E-state index in [1.165, 1.54) is 24.3 Å². The minimum Gasteiger partial charge on any atom is -0.360 e. The van der Waals surface area contributed by atoms with Gasteiger partial charge in [0.2, 0.25) is 0 Å². The Morgan fingerprint density at radius 3 is 2.90 bits per heavy atom. The molecule has 1 aliphatic carbocycles. The lowest BCUT2D eigenvalue weighted by atomic mass is 9.86. The highest BCUT2D eigenvalue weighted by molar-refractivity contribution is 7.11. The van der Waals surface area contributed by atoms with Gasteiger partial charge in [-0.1, -0.05) is 18.6 Å². The third-order valence-corrected chi connectivity index (χ3v) is 5.59. The van der Waals surface area contributed by atoms with Crippen LogP contribution in [0.15, 0.2) is 24.4 Å². The molecule has 1 saturated carbocycles. The molecule has 1 unspecified atom stereocenters. The number of carbonyl (C=O) groups excluding carboxylic acids is 1. The summed E-state index contributed by atoms with van der Waals surface area (Å²) >= 11 is 1.72. The van der Waals surface area contributed by atoms with Gasteiger partial charge in [0.1, 0.15) is 6.17 Å². The molecule has 21 heavy (non-hydrogen) atoms. The molecular weight excluding hydrogens is 282 g/mol. The molecular formula is C16H17N3OS. The maximum Gasteiger partial charge on any atom is 0.255 e. The van der Waals surface area contributed by atoms with Gasteiger partial charge in [-0.05, 0) is 31.4 Å². The third-order valence-electron chi connectivity index (χ3n) is 4.36. The molecule has 0 bridgehead atoms. The van der Waals surface area contributed by atoms with E-state index >= 15 is 0 Å². The number of carbonyl (C=O) groups is 1. The molecule has 1 amide bonds. The Kier molecular flexibility index (Phi) is 2.96. The van der Waals surface area contributed by atoms with Crippen molar-refractivity contribution in [3.8, 4) is 0 Å². The van der Waals surface area contributed by atoms with Gasteiger partial charge in [0.25, 0.3) is 5.91 Å². The molecule has 4 rings (SSSR count). The van der Waals surface area contributed by atoms with Crippen molar-refractivity contribution in [3.05, 3.63) is 45.4 Å². The van der Waals surface area contributed by atoms with Gasteiger partial charge in [-0.2, -0.15) is 0 Å². The van der Waals surface area contributed by atoms with Crippen LogP contribution in [0.2, 0.25) is 0 Å². The average Bonchev–Trinajstić information content (AvgIpc) is 2.87. The monoisotopic (exact) mass is 299 g/mol. The molecule has 1 aliphatic heterocycles. The summed E-state index contributed by atoms with van der Waals surface area (Å²) in [5.74, 6) is 0.619. The van der Waals surface area contributed by atoms with Crippen molar-refractivity contribution in [2.24, 2.45) is 0 Å². The Bertz CT molecular complexity index is 705. The van der Waals surface area contributed by atoms with Crippen LogP contribution in [0.5, 0.6) is 0 Å². The summed E-state index contributed by atoms with van der Waals surface area (Å²) in [7, 11) is 0. The molecule has 1 atom stereocenters. The minimum absolute atomic E-state index is 0.0176. The first-order chi connectivity index (χ1) is 10.2. The zero-order valence-electron chi connectivity index (χ0n) is 11.8. The van der Waals surface area contributed by atoms with Crippen molar-refractivity contribution in [2.45, 2.75) is 38.3 Å². The second-order valence-electron chi connectivity index (χ2n) is 5.78. The Morgan fingerprint density at radius 2 is 2.14 bits per heavy atom. The Labute approximate surface area is 127 Å². The van der Waals surface area contributed by atoms with Crippen LogP contribution in [0.1, 0.15) is 57.2 Å². The van der Waals surface area contributed by atoms with E-state index < -0.39 is 0 Å². The number of anilines is 1. The smallest absolute Gasteiger partial charge is 0.255 e. The predicted molar refractivity (Wildman–Crippen MR) is 83.7 cm³/mol. The number of hydrogen-bond acceptors (Lipinski definition) is 4. The van der Waals surface area contributed by atoms with Crippen LogP contribution >= 0.6 is 11.3 Å². The molecule has 1 aromatic carbocycles. The van der Waals surface area contributed by atoms with Crippen LogP contribution < -0.4 is 10.6 Å². The first kappa shape index (κ1) is 12.8. The van der Waals surface area contributed by atoms with Crippen molar-refractivity contribution in [1.82, 2.24) is 10.3 Å². The maximum absolute atomic E-state index is 12.3. The predicted octanol–water partition coefficient (Wildman–Crippen LogP) is 3.57. The summed E-state index contributed by atoms with van der Waals surface area (Å²) in [5.41, 5.74) is 2.75. The first-order valence-corrected chi connectivity index (χ1v) is 8.16. The highest BCUT2D eigenvalue weighted by Gasteiger charge is 2.28. The summed E-state index contributed by atoms with van der Waals surface area (Å²) in [5, 5.41) is 7.67. The summed E-state index contributed by atoms with van der Waals surface area (Å²) in [4.78, 5) is 17.9. The molecule has 0 spiro atoms. The molecule has 2 aliphatic rings. The third kappa shape index (κ3) is 2.12. The van der Waals surface area contributed by atoms with Crippen molar-refractivity contribution < 1.29 is 4.79 Å². The number of nitrogens with one attached hydrogen (secondary N) is 2. The number of aryl methyl sites for hydroxylation is 1. The van der Waals surface area contributed by atoms with Crippen molar-refractivity contribution >= 4 is 22.9 Å². The fourth-order valence-corrected chi connectivity index (χ4v) is 3.95. The molecule has 2 aromatic rings. The van der Waals surface area contributed by atoms with Gasteiger partial charge in [0.15, 0.2) is 0 Å². The topological polar surface area (TPSA) is 54.0 Å². The van der Waals surface area contributed by atoms with Gasteiger partial charge in [-0.25, -0.2) is 4.98 Å². The van der Waals surface area contributed by atoms with Gasteiger partial charge in [-0.3, -0.25) is 4.79 Å². The second-order valence-corrected chi connectivity index (χ2v) is 6.87. The lowest BCUT2D eigenvalue weighted by molar-refractivity contribution is 0.0936. The maximum atomic E-state index is 12.3. The number of benzene rings is 1. The molecule has 1 aromatic heterocycles. The summed E-state index contributed by atoms with van der Waals surface area (Å²) in [6.07, 6.45) is 5.54. The minimum atomic E-state index is -0.169. The molecule has 0 radical (unpaired) electrons. The number of para-hydroxylation sites is 1. The van der Waals surface area contributed by atoms with Crippen LogP contribution in [0, 0.1) is 6.92 Å². The lowest BCUT2D eigenvalue weighted by Crippen LogP contribution is -2.38. The first-order valence-electron chi connectivity index (χ1n) is 7.35. The van der Waals surface area contributed by atoms with E-state index in [0.717, 1.165) is 21.7 Å². The Morgan fingerprint density at radius 1 is 1.29 bits per heavy atom. The van der Waals surface area contributed by atoms with Gasteiger partial charge >= 0.3 is 0 Å². The standard InChI is InChI=1S/C16H17N3OS/c1-9-4-2-7-11-13(9)18-14(19-15(11)20)12-8-17-16(21-12)10-5-3-6-10/h2,4,7-8,10,14,18H,3,5-6H2,1H3,(H,19,20). The van der Waals surface area contributed by atoms with E-state index in [-0.39, 0.29) is 12.1 Å². The van der Waals surface area contributed by atoms with Gasteiger partial charge in [0, 0.05) is 12.1 Å². The number of rotatable bonds is 2. The van der Waals surface area contributed by atoms with Gasteiger partial charge in [0.05, 0.1) is 21.1 Å². The molecule has 4 nitrogen and oxygen atoms in total. The largest absolute Gasteiger partial charge is 0.360 e. The Hall–Kier alpha value is -1.88. The normalized spacial score (nSPS) is 21.2. The number of thiazole rings is 1. The zero-order valence-corrected chi connectivity index (χ0v) is 12.7. The van der Waals surface area contributed by atoms with Crippen LogP contribution in [0.3, 0.4) is 0 Å². The summed E-state index contributed by atoms with van der Waals surface area (Å²) < 4.78 is 0. The summed E-state index contributed by atoms with van der Waals surface area (Å²) in [6, 6.07) is 5.79. The molecule has 108 valence electrons. The molecule has 0 saturated heterocycles. The zero-order chi connectivity index (χ0) is 14.4. The number of nitrogens with zero attached hydrogens (tertiary/aromatic N) is 1. The fourth-order valence-electron chi connectivity index (χ4n) is 2.86. The highest BCUT2D eigenvalue weighted by Crippen LogP contribution is 2.40. The number of aromatic nitrogens is 1. The van der Waals surface area contributed by atoms with Crippen LogP contribution in [-0.2, 0) is 0 Å². The van der Waals surface area contributed by atoms with E-state index in [1.54, 1.807) is 11.3 Å². The lowest BCUT2D eigenvalue weighted by Gasteiger charge is -2.28. The van der Waals surface area contributed by atoms with E-state index in [2.05, 4.69) is 15.6 Å². The van der Waals surface area contributed by atoms with Crippen LogP contribution in [0.4, 0.5) is 5.69 Å². The van der Waals surface area contributed by atoms with Crippen LogP contribution in [0.25, 0.3) is 0 Å². The van der Waals surface area contributed by atoms with E-state index in [4.69, 9.17) is 0 Å². The summed E-state index contributed by atoms with van der Waals surface area (Å²) in [6.45, 7) is 2.02. The van der Waals surface area contributed by atoms with Crippen molar-refractivity contribution in [1.29, 1.82) is 0 Å². The second kappa shape index (κ2) is 4.84. The van der Waals surface area contributed by atoms with Gasteiger partial charge < -0.3 is 10.6 Å². The van der Waals surface area contributed by atoms with E-state index in [0.29, 0.717) is 5.92 Å². The number of fused-ring (bicyclic) bond motifs is 1. The molecule has 2 N–H and O–H groups in total. The number of amides is 1.